The van der Waals surface area contributed by atoms with Gasteiger partial charge in [0.05, 0.1) is 6.42 Å². The van der Waals surface area contributed by atoms with E-state index in [4.69, 9.17) is 0 Å². The van der Waals surface area contributed by atoms with E-state index in [0.717, 1.165) is 51.2 Å². The first kappa shape index (κ1) is 29.6. The molecule has 7 heteroatoms. The van der Waals surface area contributed by atoms with E-state index in [1.807, 2.05) is 97.2 Å². The molecule has 4 N–H and O–H groups in total. The van der Waals surface area contributed by atoms with Crippen molar-refractivity contribution < 1.29 is 14.4 Å². The van der Waals surface area contributed by atoms with Crippen molar-refractivity contribution in [1.82, 2.24) is 20.9 Å². The van der Waals surface area contributed by atoms with E-state index in [0.29, 0.717) is 6.42 Å². The Balaban J connectivity index is 1.37. The summed E-state index contributed by atoms with van der Waals surface area (Å²) in [6, 6.07) is 28.1. The number of hydrogen-bond donors (Lipinski definition) is 4. The number of aromatic amines is 1. The maximum absolute atomic E-state index is 13.9. The van der Waals surface area contributed by atoms with Crippen LogP contribution in [0, 0.1) is 0 Å². The molecule has 0 aliphatic heterocycles. The summed E-state index contributed by atoms with van der Waals surface area (Å²) in [5.41, 5.74) is 4.92. The van der Waals surface area contributed by atoms with Crippen LogP contribution in [0.5, 0.6) is 0 Å². The molecule has 0 saturated heterocycles. The predicted molar refractivity (Wildman–Crippen MR) is 172 cm³/mol. The van der Waals surface area contributed by atoms with E-state index >= 15 is 0 Å². The van der Waals surface area contributed by atoms with Crippen LogP contribution < -0.4 is 16.0 Å². The normalized spacial score (nSPS) is 12.5. The molecule has 0 aliphatic rings. The lowest BCUT2D eigenvalue weighted by atomic mass is 9.97. The van der Waals surface area contributed by atoms with Crippen molar-refractivity contribution in [2.45, 2.75) is 51.1 Å². The summed E-state index contributed by atoms with van der Waals surface area (Å²) in [6.07, 6.45) is 4.65. The highest BCUT2D eigenvalue weighted by Crippen LogP contribution is 2.21. The van der Waals surface area contributed by atoms with Crippen molar-refractivity contribution in [3.8, 4) is 0 Å². The molecule has 5 aromatic rings. The number of benzene rings is 4. The molecular formula is C36H38N4O3. The van der Waals surface area contributed by atoms with E-state index in [-0.39, 0.29) is 24.7 Å². The molecule has 0 spiro atoms. The highest BCUT2D eigenvalue weighted by atomic mass is 16.2. The number of likely N-dealkylation sites (N-methyl/N-ethyl adjacent to an activating group) is 1. The fraction of sp³-hybridized carbons (Fsp3) is 0.250. The molecule has 220 valence electrons. The molecule has 0 bridgehead atoms. The summed E-state index contributed by atoms with van der Waals surface area (Å²) < 4.78 is 0. The highest BCUT2D eigenvalue weighted by molar-refractivity contribution is 5.94. The summed E-state index contributed by atoms with van der Waals surface area (Å²) in [5.74, 6) is -0.967. The number of amides is 3. The molecule has 3 amide bonds. The van der Waals surface area contributed by atoms with Gasteiger partial charge in [-0.1, -0.05) is 98.3 Å². The standard InChI is InChI=1S/C36H38N4O3/c1-3-9-24-16-18-25(19-17-24)20-34(41)39-33(22-28-23-38-31-15-7-6-14-30(28)31)36(43)40-32(35(42)37-2)21-27-12-8-11-26-10-4-5-13-29(26)27/h4-8,10-19,23,32-33,38H,3,9,20-22H2,1-2H3,(H,37,42)(H,39,41)(H,40,43)/t32-,33-/m0/s1. The van der Waals surface area contributed by atoms with Gasteiger partial charge in [0.15, 0.2) is 0 Å². The molecule has 0 saturated carbocycles. The van der Waals surface area contributed by atoms with Gasteiger partial charge in [-0.25, -0.2) is 0 Å². The first-order valence-electron chi connectivity index (χ1n) is 14.9. The van der Waals surface area contributed by atoms with E-state index in [1.54, 1.807) is 7.05 Å². The number of para-hydroxylation sites is 1. The van der Waals surface area contributed by atoms with Crippen LogP contribution in [-0.4, -0.2) is 41.8 Å². The van der Waals surface area contributed by atoms with Gasteiger partial charge in [-0.3, -0.25) is 14.4 Å². The maximum Gasteiger partial charge on any atom is 0.243 e. The van der Waals surface area contributed by atoms with Crippen molar-refractivity contribution in [1.29, 1.82) is 0 Å². The highest BCUT2D eigenvalue weighted by Gasteiger charge is 2.28. The second kappa shape index (κ2) is 13.8. The van der Waals surface area contributed by atoms with Crippen molar-refractivity contribution >= 4 is 39.4 Å². The number of aromatic nitrogens is 1. The lowest BCUT2D eigenvalue weighted by molar-refractivity contribution is -0.131. The lowest BCUT2D eigenvalue weighted by Crippen LogP contribution is -2.55. The number of rotatable bonds is 12. The van der Waals surface area contributed by atoms with Crippen molar-refractivity contribution in [3.05, 3.63) is 119 Å². The molecule has 0 unspecified atom stereocenters. The Kier molecular flexibility index (Phi) is 9.52. The van der Waals surface area contributed by atoms with Crippen molar-refractivity contribution in [3.63, 3.8) is 0 Å². The molecule has 1 heterocycles. The summed E-state index contributed by atoms with van der Waals surface area (Å²) >= 11 is 0. The number of carbonyl (C=O) groups excluding carboxylic acids is 3. The second-order valence-electron chi connectivity index (χ2n) is 10.9. The minimum absolute atomic E-state index is 0.152. The molecule has 0 radical (unpaired) electrons. The summed E-state index contributed by atoms with van der Waals surface area (Å²) in [7, 11) is 1.56. The third kappa shape index (κ3) is 7.30. The Labute approximate surface area is 252 Å². The van der Waals surface area contributed by atoms with Gasteiger partial charge in [-0.15, -0.1) is 0 Å². The van der Waals surface area contributed by atoms with E-state index in [2.05, 4.69) is 27.9 Å². The first-order chi connectivity index (χ1) is 20.9. The average Bonchev–Trinajstić information content (AvgIpc) is 3.44. The number of hydrogen-bond acceptors (Lipinski definition) is 3. The zero-order chi connectivity index (χ0) is 30.2. The van der Waals surface area contributed by atoms with Gasteiger partial charge in [0.2, 0.25) is 17.7 Å². The van der Waals surface area contributed by atoms with Gasteiger partial charge in [0.1, 0.15) is 12.1 Å². The Morgan fingerprint density at radius 1 is 0.698 bits per heavy atom. The lowest BCUT2D eigenvalue weighted by Gasteiger charge is -2.23. The average molecular weight is 575 g/mol. The van der Waals surface area contributed by atoms with E-state index in [1.165, 1.54) is 5.56 Å². The van der Waals surface area contributed by atoms with Gasteiger partial charge in [0.25, 0.3) is 0 Å². The molecule has 0 aliphatic carbocycles. The Morgan fingerprint density at radius 3 is 2.12 bits per heavy atom. The molecule has 2 atom stereocenters. The molecular weight excluding hydrogens is 536 g/mol. The maximum atomic E-state index is 13.9. The monoisotopic (exact) mass is 574 g/mol. The van der Waals surface area contributed by atoms with Crippen LogP contribution in [0.15, 0.2) is 97.2 Å². The molecule has 43 heavy (non-hydrogen) atoms. The molecule has 7 nitrogen and oxygen atoms in total. The second-order valence-corrected chi connectivity index (χ2v) is 10.9. The Hall–Kier alpha value is -4.91. The topological polar surface area (TPSA) is 103 Å². The first-order valence-corrected chi connectivity index (χ1v) is 14.9. The smallest absolute Gasteiger partial charge is 0.243 e. The van der Waals surface area contributed by atoms with Crippen LogP contribution >= 0.6 is 0 Å². The van der Waals surface area contributed by atoms with Crippen LogP contribution in [0.4, 0.5) is 0 Å². The largest absolute Gasteiger partial charge is 0.361 e. The van der Waals surface area contributed by atoms with Crippen LogP contribution in [-0.2, 0) is 40.1 Å². The third-order valence-corrected chi connectivity index (χ3v) is 7.86. The molecule has 4 aromatic carbocycles. The molecule has 5 rings (SSSR count). The SMILES string of the molecule is CCCc1ccc(CC(=O)N[C@@H](Cc2c[nH]c3ccccc23)C(=O)N[C@@H](Cc2cccc3ccccc23)C(=O)NC)cc1. The van der Waals surface area contributed by atoms with Crippen molar-refractivity contribution in [2.24, 2.45) is 0 Å². The zero-order valence-electron chi connectivity index (χ0n) is 24.7. The number of H-pyrrole nitrogens is 1. The quantitative estimate of drug-likeness (QED) is 0.168. The predicted octanol–water partition coefficient (Wildman–Crippen LogP) is 5.02. The van der Waals surface area contributed by atoms with Crippen LogP contribution in [0.3, 0.4) is 0 Å². The number of fused-ring (bicyclic) bond motifs is 2. The number of nitrogens with one attached hydrogen (secondary N) is 4. The number of carbonyl (C=O) groups is 3. The number of aryl methyl sites for hydroxylation is 1. The van der Waals surface area contributed by atoms with Gasteiger partial charge in [-0.05, 0) is 45.5 Å². The van der Waals surface area contributed by atoms with Gasteiger partial charge >= 0.3 is 0 Å². The Bertz CT molecular complexity index is 1720. The molecule has 1 aromatic heterocycles. The summed E-state index contributed by atoms with van der Waals surface area (Å²) in [5, 5.41) is 11.7. The fourth-order valence-electron chi connectivity index (χ4n) is 5.62. The third-order valence-electron chi connectivity index (χ3n) is 7.86. The zero-order valence-corrected chi connectivity index (χ0v) is 24.7. The van der Waals surface area contributed by atoms with Gasteiger partial charge < -0.3 is 20.9 Å². The van der Waals surface area contributed by atoms with Crippen LogP contribution in [0.2, 0.25) is 0 Å². The summed E-state index contributed by atoms with van der Waals surface area (Å²) in [4.78, 5) is 43.4. The molecule has 0 fully saturated rings. The van der Waals surface area contributed by atoms with Gasteiger partial charge in [-0.2, -0.15) is 0 Å². The van der Waals surface area contributed by atoms with Crippen LogP contribution in [0.1, 0.15) is 35.6 Å². The summed E-state index contributed by atoms with van der Waals surface area (Å²) in [6.45, 7) is 2.14. The Morgan fingerprint density at radius 2 is 1.35 bits per heavy atom. The van der Waals surface area contributed by atoms with E-state index < -0.39 is 18.0 Å². The van der Waals surface area contributed by atoms with Crippen molar-refractivity contribution in [2.75, 3.05) is 7.05 Å². The van der Waals surface area contributed by atoms with E-state index in [9.17, 15) is 14.4 Å². The fourth-order valence-corrected chi connectivity index (χ4v) is 5.62. The minimum atomic E-state index is -0.884. The minimum Gasteiger partial charge on any atom is -0.361 e. The van der Waals surface area contributed by atoms with Crippen LogP contribution in [0.25, 0.3) is 21.7 Å². The van der Waals surface area contributed by atoms with Gasteiger partial charge in [0, 0.05) is 37.0 Å².